The Balaban J connectivity index is 2.14. The van der Waals surface area contributed by atoms with Gasteiger partial charge in [-0.3, -0.25) is 0 Å². The molecule has 5 heteroatoms. The van der Waals surface area contributed by atoms with Crippen molar-refractivity contribution in [2.45, 2.75) is 12.6 Å². The second kappa shape index (κ2) is 5.25. The van der Waals surface area contributed by atoms with E-state index in [1.807, 2.05) is 28.3 Å². The van der Waals surface area contributed by atoms with Gasteiger partial charge in [0.2, 0.25) is 0 Å². The lowest BCUT2D eigenvalue weighted by Gasteiger charge is -2.11. The summed E-state index contributed by atoms with van der Waals surface area (Å²) in [6, 6.07) is 4.01. The SMILES string of the molecule is COCC(O)Cn1ccnc1-c1cccs1. The molecule has 2 aromatic rings. The van der Waals surface area contributed by atoms with Gasteiger partial charge in [-0.15, -0.1) is 11.3 Å². The Hall–Kier alpha value is -1.17. The molecule has 2 aromatic heterocycles. The second-order valence-corrected chi connectivity index (χ2v) is 4.44. The smallest absolute Gasteiger partial charge is 0.150 e. The van der Waals surface area contributed by atoms with E-state index >= 15 is 0 Å². The van der Waals surface area contributed by atoms with E-state index < -0.39 is 6.10 Å². The maximum atomic E-state index is 9.67. The summed E-state index contributed by atoms with van der Waals surface area (Å²) in [6.07, 6.45) is 3.11. The molecule has 1 N–H and O–H groups in total. The van der Waals surface area contributed by atoms with Crippen LogP contribution < -0.4 is 0 Å². The molecule has 0 aliphatic rings. The van der Waals surface area contributed by atoms with Gasteiger partial charge in [0.25, 0.3) is 0 Å². The van der Waals surface area contributed by atoms with Crippen molar-refractivity contribution < 1.29 is 9.84 Å². The number of rotatable bonds is 5. The molecule has 2 heterocycles. The van der Waals surface area contributed by atoms with Crippen molar-refractivity contribution in [3.63, 3.8) is 0 Å². The van der Waals surface area contributed by atoms with Crippen LogP contribution in [0.5, 0.6) is 0 Å². The standard InChI is InChI=1S/C11H14N2O2S/c1-15-8-9(14)7-13-5-4-12-11(13)10-3-2-6-16-10/h2-6,9,14H,7-8H2,1H3. The zero-order chi connectivity index (χ0) is 11.4. The minimum absolute atomic E-state index is 0.335. The van der Waals surface area contributed by atoms with Crippen molar-refractivity contribution in [1.82, 2.24) is 9.55 Å². The summed E-state index contributed by atoms with van der Waals surface area (Å²) in [7, 11) is 1.58. The molecule has 0 radical (unpaired) electrons. The summed E-state index contributed by atoms with van der Waals surface area (Å²) < 4.78 is 6.84. The van der Waals surface area contributed by atoms with Gasteiger partial charge < -0.3 is 14.4 Å². The van der Waals surface area contributed by atoms with Crippen molar-refractivity contribution >= 4 is 11.3 Å². The van der Waals surface area contributed by atoms with Crippen LogP contribution in [0.4, 0.5) is 0 Å². The number of aliphatic hydroxyl groups is 1. The van der Waals surface area contributed by atoms with E-state index in [0.717, 1.165) is 10.7 Å². The van der Waals surface area contributed by atoms with Crippen molar-refractivity contribution in [2.75, 3.05) is 13.7 Å². The summed E-state index contributed by atoms with van der Waals surface area (Å²) in [5.74, 6) is 0.894. The number of methoxy groups -OCH3 is 1. The monoisotopic (exact) mass is 238 g/mol. The lowest BCUT2D eigenvalue weighted by molar-refractivity contribution is 0.0540. The molecule has 0 amide bonds. The van der Waals surface area contributed by atoms with Crippen LogP contribution >= 0.6 is 11.3 Å². The van der Waals surface area contributed by atoms with Crippen LogP contribution in [-0.2, 0) is 11.3 Å². The molecule has 0 bridgehead atoms. The summed E-state index contributed by atoms with van der Waals surface area (Å²) in [4.78, 5) is 5.40. The van der Waals surface area contributed by atoms with E-state index in [1.54, 1.807) is 24.6 Å². The van der Waals surface area contributed by atoms with E-state index in [2.05, 4.69) is 4.98 Å². The first kappa shape index (κ1) is 11.3. The second-order valence-electron chi connectivity index (χ2n) is 3.49. The largest absolute Gasteiger partial charge is 0.389 e. The van der Waals surface area contributed by atoms with Crippen LogP contribution in [0, 0.1) is 0 Å². The molecule has 0 aliphatic heterocycles. The average molecular weight is 238 g/mol. The summed E-state index contributed by atoms with van der Waals surface area (Å²) in [5.41, 5.74) is 0. The number of ether oxygens (including phenoxy) is 1. The molecule has 2 rings (SSSR count). The van der Waals surface area contributed by atoms with Gasteiger partial charge in [0, 0.05) is 19.5 Å². The predicted octanol–water partition coefficient (Wildman–Crippen LogP) is 1.62. The number of nitrogens with zero attached hydrogens (tertiary/aromatic N) is 2. The van der Waals surface area contributed by atoms with Gasteiger partial charge in [0.1, 0.15) is 5.82 Å². The van der Waals surface area contributed by atoms with Crippen LogP contribution in [0.15, 0.2) is 29.9 Å². The zero-order valence-electron chi connectivity index (χ0n) is 9.04. The average Bonchev–Trinajstić information content (AvgIpc) is 2.86. The van der Waals surface area contributed by atoms with Gasteiger partial charge >= 0.3 is 0 Å². The summed E-state index contributed by atoms with van der Waals surface area (Å²) in [5, 5.41) is 11.7. The highest BCUT2D eigenvalue weighted by Gasteiger charge is 2.10. The van der Waals surface area contributed by atoms with Gasteiger partial charge in [-0.25, -0.2) is 4.98 Å². The molecule has 4 nitrogen and oxygen atoms in total. The maximum absolute atomic E-state index is 9.67. The summed E-state index contributed by atoms with van der Waals surface area (Å²) in [6.45, 7) is 0.836. The number of aliphatic hydroxyl groups excluding tert-OH is 1. The quantitative estimate of drug-likeness (QED) is 0.861. The molecule has 0 saturated carbocycles. The molecule has 0 fully saturated rings. The topological polar surface area (TPSA) is 47.3 Å². The first-order chi connectivity index (χ1) is 7.81. The Kier molecular flexibility index (Phi) is 3.71. The minimum Gasteiger partial charge on any atom is -0.389 e. The number of hydrogen-bond acceptors (Lipinski definition) is 4. The fraction of sp³-hybridized carbons (Fsp3) is 0.364. The molecule has 0 aromatic carbocycles. The Labute approximate surface area is 98.1 Å². The third kappa shape index (κ3) is 2.49. The lowest BCUT2D eigenvalue weighted by atomic mass is 10.3. The van der Waals surface area contributed by atoms with Gasteiger partial charge in [-0.05, 0) is 11.4 Å². The number of hydrogen-bond donors (Lipinski definition) is 1. The van der Waals surface area contributed by atoms with Crippen LogP contribution in [0.25, 0.3) is 10.7 Å². The Morgan fingerprint density at radius 1 is 1.62 bits per heavy atom. The van der Waals surface area contributed by atoms with Crippen molar-refractivity contribution in [2.24, 2.45) is 0 Å². The molecular formula is C11H14N2O2S. The molecule has 1 atom stereocenters. The Bertz CT molecular complexity index is 425. The number of thiophene rings is 1. The normalized spacial score (nSPS) is 12.9. The van der Waals surface area contributed by atoms with E-state index in [-0.39, 0.29) is 0 Å². The molecule has 86 valence electrons. The summed E-state index contributed by atoms with van der Waals surface area (Å²) >= 11 is 1.64. The number of imidazole rings is 1. The Morgan fingerprint density at radius 2 is 2.50 bits per heavy atom. The lowest BCUT2D eigenvalue weighted by Crippen LogP contribution is -2.21. The van der Waals surface area contributed by atoms with Gasteiger partial charge in [-0.2, -0.15) is 0 Å². The van der Waals surface area contributed by atoms with Crippen molar-refractivity contribution in [1.29, 1.82) is 0 Å². The first-order valence-electron chi connectivity index (χ1n) is 5.03. The van der Waals surface area contributed by atoms with Crippen molar-refractivity contribution in [3.05, 3.63) is 29.9 Å². The van der Waals surface area contributed by atoms with Crippen LogP contribution in [-0.4, -0.2) is 34.5 Å². The van der Waals surface area contributed by atoms with Crippen LogP contribution in [0.2, 0.25) is 0 Å². The third-order valence-corrected chi connectivity index (χ3v) is 3.09. The van der Waals surface area contributed by atoms with Crippen LogP contribution in [0.1, 0.15) is 0 Å². The van der Waals surface area contributed by atoms with Gasteiger partial charge in [0.05, 0.1) is 24.1 Å². The molecule has 16 heavy (non-hydrogen) atoms. The molecule has 1 unspecified atom stereocenters. The first-order valence-corrected chi connectivity index (χ1v) is 5.91. The number of aromatic nitrogens is 2. The predicted molar refractivity (Wildman–Crippen MR) is 63.4 cm³/mol. The third-order valence-electron chi connectivity index (χ3n) is 2.22. The molecule has 0 spiro atoms. The zero-order valence-corrected chi connectivity index (χ0v) is 9.85. The highest BCUT2D eigenvalue weighted by atomic mass is 32.1. The highest BCUT2D eigenvalue weighted by Crippen LogP contribution is 2.22. The molecule has 0 saturated heterocycles. The van der Waals surface area contributed by atoms with E-state index in [1.165, 1.54) is 0 Å². The van der Waals surface area contributed by atoms with E-state index in [4.69, 9.17) is 4.74 Å². The Morgan fingerprint density at radius 3 is 3.19 bits per heavy atom. The van der Waals surface area contributed by atoms with E-state index in [9.17, 15) is 5.11 Å². The van der Waals surface area contributed by atoms with Gasteiger partial charge in [-0.1, -0.05) is 6.07 Å². The molecule has 0 aliphatic carbocycles. The van der Waals surface area contributed by atoms with Gasteiger partial charge in [0.15, 0.2) is 0 Å². The fourth-order valence-electron chi connectivity index (χ4n) is 1.56. The van der Waals surface area contributed by atoms with E-state index in [0.29, 0.717) is 13.2 Å². The maximum Gasteiger partial charge on any atom is 0.150 e. The van der Waals surface area contributed by atoms with Crippen LogP contribution in [0.3, 0.4) is 0 Å². The molecular weight excluding hydrogens is 224 g/mol. The fourth-order valence-corrected chi connectivity index (χ4v) is 2.30. The minimum atomic E-state index is -0.502. The highest BCUT2D eigenvalue weighted by molar-refractivity contribution is 7.13. The van der Waals surface area contributed by atoms with Crippen molar-refractivity contribution in [3.8, 4) is 10.7 Å².